The van der Waals surface area contributed by atoms with Gasteiger partial charge in [0.05, 0.1) is 16.8 Å². The Bertz CT molecular complexity index is 961. The summed E-state index contributed by atoms with van der Waals surface area (Å²) < 4.78 is 2.22. The monoisotopic (exact) mass is 348 g/mol. The van der Waals surface area contributed by atoms with Gasteiger partial charge in [0, 0.05) is 29.7 Å². The number of hydrogen-bond donors (Lipinski definition) is 1. The number of pyridine rings is 1. The molecule has 0 bridgehead atoms. The predicted octanol–water partition coefficient (Wildman–Crippen LogP) is 4.86. The fraction of sp³-hybridized carbons (Fsp3) is 0.286. The number of nitrogens with zero attached hydrogens (tertiary/aromatic N) is 2. The molecule has 0 unspecified atom stereocenters. The van der Waals surface area contributed by atoms with E-state index in [1.807, 2.05) is 11.8 Å². The van der Waals surface area contributed by atoms with Crippen LogP contribution in [0.15, 0.2) is 58.5 Å². The molecule has 0 saturated carbocycles. The average Bonchev–Trinajstić information content (AvgIpc) is 2.67. The van der Waals surface area contributed by atoms with Gasteiger partial charge in [-0.3, -0.25) is 0 Å². The summed E-state index contributed by atoms with van der Waals surface area (Å²) in [6.45, 7) is 2.38. The van der Waals surface area contributed by atoms with Crippen LogP contribution in [0, 0.1) is 0 Å². The number of aromatic nitrogens is 1. The summed E-state index contributed by atoms with van der Waals surface area (Å²) in [5.74, 6) is 0. The Labute approximate surface area is 152 Å². The van der Waals surface area contributed by atoms with Gasteiger partial charge in [0.15, 0.2) is 6.20 Å². The third-order valence-electron chi connectivity index (χ3n) is 5.28. The Morgan fingerprint density at radius 3 is 2.72 bits per heavy atom. The number of piperidine rings is 1. The zero-order chi connectivity index (χ0) is 16.8. The van der Waals surface area contributed by atoms with Crippen LogP contribution in [0.4, 0.5) is 17.1 Å². The van der Waals surface area contributed by atoms with E-state index in [0.717, 1.165) is 0 Å². The molecule has 2 aromatic carbocycles. The summed E-state index contributed by atoms with van der Waals surface area (Å²) in [6.07, 6.45) is 6.24. The average molecular weight is 348 g/mol. The molecule has 1 saturated heterocycles. The molecule has 2 aliphatic rings. The second-order valence-electron chi connectivity index (χ2n) is 6.95. The Hall–Kier alpha value is -2.20. The fourth-order valence-corrected chi connectivity index (χ4v) is 5.06. The van der Waals surface area contributed by atoms with Crippen LogP contribution in [-0.2, 0) is 7.05 Å². The van der Waals surface area contributed by atoms with Crippen molar-refractivity contribution in [2.45, 2.75) is 29.1 Å². The maximum Gasteiger partial charge on any atom is 0.214 e. The lowest BCUT2D eigenvalue weighted by molar-refractivity contribution is -0.646. The van der Waals surface area contributed by atoms with E-state index < -0.39 is 0 Å². The minimum Gasteiger partial charge on any atom is -0.372 e. The van der Waals surface area contributed by atoms with Gasteiger partial charge >= 0.3 is 0 Å². The molecular formula is C21H22N3S+. The van der Waals surface area contributed by atoms with Crippen LogP contribution < -0.4 is 14.8 Å². The smallest absolute Gasteiger partial charge is 0.214 e. The molecule has 0 aliphatic carbocycles. The maximum atomic E-state index is 3.69. The quantitative estimate of drug-likeness (QED) is 0.496. The minimum atomic E-state index is 1.19. The van der Waals surface area contributed by atoms with Crippen LogP contribution in [0.1, 0.15) is 19.3 Å². The van der Waals surface area contributed by atoms with Crippen molar-refractivity contribution < 1.29 is 4.57 Å². The second kappa shape index (κ2) is 5.95. The van der Waals surface area contributed by atoms with Gasteiger partial charge in [0.2, 0.25) is 5.52 Å². The van der Waals surface area contributed by atoms with E-state index in [1.165, 1.54) is 70.1 Å². The molecule has 1 aromatic heterocycles. The first-order valence-electron chi connectivity index (χ1n) is 9.05. The van der Waals surface area contributed by atoms with Gasteiger partial charge in [-0.15, -0.1) is 0 Å². The molecule has 3 nitrogen and oxygen atoms in total. The minimum absolute atomic E-state index is 1.19. The molecule has 2 aliphatic heterocycles. The molecule has 0 radical (unpaired) electrons. The van der Waals surface area contributed by atoms with Gasteiger partial charge in [-0.2, -0.15) is 4.57 Å². The molecule has 1 N–H and O–H groups in total. The SMILES string of the molecule is C[n+]1cc2c(c3ccccc31)Nc1ccc(N3CCCCC3)cc1S2. The van der Waals surface area contributed by atoms with Crippen LogP contribution in [0.5, 0.6) is 0 Å². The van der Waals surface area contributed by atoms with Crippen LogP contribution in [0.3, 0.4) is 0 Å². The lowest BCUT2D eigenvalue weighted by Gasteiger charge is -2.30. The molecule has 25 heavy (non-hydrogen) atoms. The number of benzene rings is 2. The molecule has 0 spiro atoms. The van der Waals surface area contributed by atoms with Gasteiger partial charge in [-0.25, -0.2) is 0 Å². The summed E-state index contributed by atoms with van der Waals surface area (Å²) in [5, 5.41) is 4.97. The highest BCUT2D eigenvalue weighted by molar-refractivity contribution is 7.99. The highest BCUT2D eigenvalue weighted by Crippen LogP contribution is 2.47. The van der Waals surface area contributed by atoms with E-state index in [4.69, 9.17) is 0 Å². The zero-order valence-electron chi connectivity index (χ0n) is 14.5. The molecule has 5 rings (SSSR count). The Balaban J connectivity index is 1.56. The van der Waals surface area contributed by atoms with Crippen molar-refractivity contribution in [3.8, 4) is 0 Å². The number of rotatable bonds is 1. The number of para-hydroxylation sites is 1. The van der Waals surface area contributed by atoms with E-state index >= 15 is 0 Å². The third-order valence-corrected chi connectivity index (χ3v) is 6.36. The van der Waals surface area contributed by atoms with Crippen molar-refractivity contribution >= 4 is 39.7 Å². The van der Waals surface area contributed by atoms with Crippen LogP contribution in [0.2, 0.25) is 0 Å². The first kappa shape index (κ1) is 15.1. The molecule has 126 valence electrons. The third kappa shape index (κ3) is 2.56. The molecule has 1 fully saturated rings. The molecule has 0 amide bonds. The van der Waals surface area contributed by atoms with E-state index in [1.54, 1.807) is 0 Å². The van der Waals surface area contributed by atoms with Crippen molar-refractivity contribution in [2.24, 2.45) is 7.05 Å². The first-order valence-corrected chi connectivity index (χ1v) is 9.86. The second-order valence-corrected chi connectivity index (χ2v) is 8.04. The van der Waals surface area contributed by atoms with Gasteiger partial charge < -0.3 is 10.2 Å². The first-order chi connectivity index (χ1) is 12.3. The van der Waals surface area contributed by atoms with Crippen molar-refractivity contribution in [2.75, 3.05) is 23.3 Å². The molecule has 4 heteroatoms. The zero-order valence-corrected chi connectivity index (χ0v) is 15.3. The van der Waals surface area contributed by atoms with Crippen molar-refractivity contribution in [3.05, 3.63) is 48.7 Å². The number of aryl methyl sites for hydroxylation is 1. The summed E-state index contributed by atoms with van der Waals surface area (Å²) in [5.41, 5.74) is 5.07. The van der Waals surface area contributed by atoms with Crippen molar-refractivity contribution in [3.63, 3.8) is 0 Å². The standard InChI is InChI=1S/C21H21N3S/c1-23-14-20-21(16-7-3-4-8-18(16)23)22-17-10-9-15(13-19(17)25-20)24-11-5-2-6-12-24/h3-4,7-10,13-14H,2,5-6,11-12H2,1H3/p+1. The van der Waals surface area contributed by atoms with Crippen molar-refractivity contribution in [1.82, 2.24) is 0 Å². The van der Waals surface area contributed by atoms with Gasteiger partial charge in [0.1, 0.15) is 11.9 Å². The number of anilines is 3. The molecular weight excluding hydrogens is 326 g/mol. The van der Waals surface area contributed by atoms with E-state index in [9.17, 15) is 0 Å². The highest BCUT2D eigenvalue weighted by Gasteiger charge is 2.23. The van der Waals surface area contributed by atoms with Crippen molar-refractivity contribution in [1.29, 1.82) is 0 Å². The summed E-state index contributed by atoms with van der Waals surface area (Å²) in [4.78, 5) is 5.15. The highest BCUT2D eigenvalue weighted by atomic mass is 32.2. The van der Waals surface area contributed by atoms with Crippen LogP contribution in [0.25, 0.3) is 10.9 Å². The van der Waals surface area contributed by atoms with E-state index in [0.29, 0.717) is 0 Å². The summed E-state index contributed by atoms with van der Waals surface area (Å²) in [6, 6.07) is 15.5. The molecule has 3 heterocycles. The molecule has 0 atom stereocenters. The van der Waals surface area contributed by atoms with Crippen LogP contribution >= 0.6 is 11.8 Å². The van der Waals surface area contributed by atoms with Gasteiger partial charge in [-0.05, 0) is 43.5 Å². The Kier molecular flexibility index (Phi) is 3.59. The summed E-state index contributed by atoms with van der Waals surface area (Å²) >= 11 is 1.88. The van der Waals surface area contributed by atoms with Gasteiger partial charge in [0.25, 0.3) is 0 Å². The number of fused-ring (bicyclic) bond motifs is 4. The molecule has 3 aromatic rings. The van der Waals surface area contributed by atoms with Gasteiger partial charge in [-0.1, -0.05) is 23.9 Å². The largest absolute Gasteiger partial charge is 0.372 e. The lowest BCUT2D eigenvalue weighted by Crippen LogP contribution is -2.30. The lowest BCUT2D eigenvalue weighted by atomic mass is 10.1. The topological polar surface area (TPSA) is 19.1 Å². The Morgan fingerprint density at radius 2 is 1.84 bits per heavy atom. The maximum absolute atomic E-state index is 3.69. The number of nitrogens with one attached hydrogen (secondary N) is 1. The number of hydrogen-bond acceptors (Lipinski definition) is 3. The summed E-state index contributed by atoms with van der Waals surface area (Å²) in [7, 11) is 2.13. The van der Waals surface area contributed by atoms with E-state index in [2.05, 4.69) is 70.5 Å². The predicted molar refractivity (Wildman–Crippen MR) is 105 cm³/mol. The fourth-order valence-electron chi connectivity index (χ4n) is 3.94. The van der Waals surface area contributed by atoms with E-state index in [-0.39, 0.29) is 0 Å². The normalized spacial score (nSPS) is 16.3. The Morgan fingerprint density at radius 1 is 1.00 bits per heavy atom. The van der Waals surface area contributed by atoms with Crippen LogP contribution in [-0.4, -0.2) is 13.1 Å².